The lowest BCUT2D eigenvalue weighted by Crippen LogP contribution is -2.51. The number of alkyl carbamates (subject to hydrolysis) is 1. The van der Waals surface area contributed by atoms with Crippen LogP contribution in [0.4, 0.5) is 4.79 Å². The molecule has 8 rings (SSSR count). The van der Waals surface area contributed by atoms with Gasteiger partial charge in [0.15, 0.2) is 6.23 Å². The minimum atomic E-state index is -0.691. The summed E-state index contributed by atoms with van der Waals surface area (Å²) in [4.78, 5) is 55.0. The van der Waals surface area contributed by atoms with Gasteiger partial charge in [0.25, 0.3) is 0 Å². The lowest BCUT2D eigenvalue weighted by molar-refractivity contribution is -0.136. The maximum Gasteiger partial charge on any atom is 0.407 e. The molecule has 0 saturated carbocycles. The Kier molecular flexibility index (Phi) is 11.6. The molecule has 2 aromatic carbocycles. The van der Waals surface area contributed by atoms with Crippen LogP contribution in [0.1, 0.15) is 115 Å². The molecule has 3 aromatic heterocycles. The zero-order chi connectivity index (χ0) is 42.4. The number of methoxy groups -OCH3 is 1. The Balaban J connectivity index is 1.07. The molecule has 2 saturated heterocycles. The first kappa shape index (κ1) is 41.2. The molecule has 60 heavy (non-hydrogen) atoms. The summed E-state index contributed by atoms with van der Waals surface area (Å²) in [6.07, 6.45) is 7.53. The topological polar surface area (TPSA) is 164 Å². The number of aromatic amines is 2. The van der Waals surface area contributed by atoms with Gasteiger partial charge in [-0.1, -0.05) is 53.2 Å². The predicted octanol–water partition coefficient (Wildman–Crippen LogP) is 8.77. The van der Waals surface area contributed by atoms with Gasteiger partial charge in [-0.05, 0) is 92.8 Å². The van der Waals surface area contributed by atoms with E-state index in [4.69, 9.17) is 20.2 Å². The molecule has 318 valence electrons. The Hall–Kier alpha value is -5.56. The van der Waals surface area contributed by atoms with Crippen molar-refractivity contribution in [1.29, 1.82) is 0 Å². The van der Waals surface area contributed by atoms with Crippen molar-refractivity contribution in [3.63, 3.8) is 0 Å². The molecule has 3 amide bonds. The molecule has 13 heteroatoms. The molecule has 5 N–H and O–H groups in total. The number of unbranched alkanes of at least 4 members (excludes halogenated alkanes) is 1. The summed E-state index contributed by atoms with van der Waals surface area (Å²) >= 11 is 0. The summed E-state index contributed by atoms with van der Waals surface area (Å²) in [7, 11) is 1.30. The average molecular weight is 817 g/mol. The number of aromatic nitrogens is 4. The van der Waals surface area contributed by atoms with Gasteiger partial charge < -0.3 is 44.9 Å². The summed E-state index contributed by atoms with van der Waals surface area (Å²) in [5.41, 5.74) is 15.7. The van der Waals surface area contributed by atoms with Crippen molar-refractivity contribution >= 4 is 28.8 Å². The average Bonchev–Trinajstić information content (AvgIpc) is 4.10. The Bertz CT molecular complexity index is 2390. The molecule has 6 heterocycles. The number of imidazole rings is 1. The van der Waals surface area contributed by atoms with E-state index in [1.54, 1.807) is 0 Å². The first-order chi connectivity index (χ1) is 28.9. The van der Waals surface area contributed by atoms with Crippen LogP contribution in [-0.4, -0.2) is 79.5 Å². The molecule has 5 atom stereocenters. The Labute approximate surface area is 352 Å². The highest BCUT2D eigenvalue weighted by molar-refractivity contribution is 5.92. The zero-order valence-electron chi connectivity index (χ0n) is 36.0. The van der Waals surface area contributed by atoms with E-state index in [0.29, 0.717) is 6.54 Å². The van der Waals surface area contributed by atoms with Crippen LogP contribution in [0.3, 0.4) is 0 Å². The van der Waals surface area contributed by atoms with Crippen molar-refractivity contribution in [2.24, 2.45) is 17.6 Å². The number of hydrogen-bond acceptors (Lipinski definition) is 7. The van der Waals surface area contributed by atoms with E-state index in [2.05, 4.69) is 82.2 Å². The standard InChI is InChI=1S/C47H60N8O5/c1-8-9-14-40-55-35-18-16-29(34-25-49-44(51-34)37-13-11-20-54(37)46(57)42(27(4)5)52-47(58)59-7)22-31(35)23-38(55)32-17-15-30(24-39(32)60-40)33-21-28(6)43(50-33)36-12-10-19-53(36)45(56)41(48)26(2)3/h15-18,21-27,36-37,40-42,50H,8-14,19-20,48H2,1-7H3,(H,49,51)(H,52,58). The fourth-order valence-corrected chi connectivity index (χ4v) is 9.41. The van der Waals surface area contributed by atoms with Gasteiger partial charge in [-0.2, -0.15) is 0 Å². The quantitative estimate of drug-likeness (QED) is 0.0978. The number of fused-ring (bicyclic) bond motifs is 5. The molecule has 0 spiro atoms. The number of hydrogen-bond donors (Lipinski definition) is 4. The van der Waals surface area contributed by atoms with Crippen LogP contribution in [0.2, 0.25) is 0 Å². The molecular weight excluding hydrogens is 757 g/mol. The number of H-pyrrole nitrogens is 2. The van der Waals surface area contributed by atoms with E-state index in [1.165, 1.54) is 7.11 Å². The van der Waals surface area contributed by atoms with Gasteiger partial charge in [-0.3, -0.25) is 9.59 Å². The number of nitrogens with one attached hydrogen (secondary N) is 3. The van der Waals surface area contributed by atoms with Crippen LogP contribution in [-0.2, 0) is 14.3 Å². The zero-order valence-corrected chi connectivity index (χ0v) is 36.0. The third-order valence-electron chi connectivity index (χ3n) is 12.8. The Morgan fingerprint density at radius 1 is 0.917 bits per heavy atom. The van der Waals surface area contributed by atoms with Gasteiger partial charge in [0, 0.05) is 53.0 Å². The maximum atomic E-state index is 13.7. The molecule has 5 unspecified atom stereocenters. The molecular formula is C47H60N8O5. The van der Waals surface area contributed by atoms with Gasteiger partial charge in [-0.25, -0.2) is 9.78 Å². The van der Waals surface area contributed by atoms with Gasteiger partial charge in [0.2, 0.25) is 11.8 Å². The predicted molar refractivity (Wildman–Crippen MR) is 233 cm³/mol. The van der Waals surface area contributed by atoms with E-state index < -0.39 is 18.2 Å². The molecule has 3 aliphatic rings. The van der Waals surface area contributed by atoms with Crippen LogP contribution in [0.25, 0.3) is 44.7 Å². The molecule has 0 bridgehead atoms. The van der Waals surface area contributed by atoms with Crippen LogP contribution in [0.15, 0.2) is 54.7 Å². The molecule has 0 radical (unpaired) electrons. The van der Waals surface area contributed by atoms with Gasteiger partial charge in [0.1, 0.15) is 17.6 Å². The van der Waals surface area contributed by atoms with Crippen LogP contribution < -0.4 is 15.8 Å². The number of rotatable bonds is 12. The summed E-state index contributed by atoms with van der Waals surface area (Å²) in [5, 5.41) is 3.83. The van der Waals surface area contributed by atoms with Crippen molar-refractivity contribution in [2.75, 3.05) is 20.2 Å². The third kappa shape index (κ3) is 7.56. The van der Waals surface area contributed by atoms with Gasteiger partial charge in [-0.15, -0.1) is 0 Å². The van der Waals surface area contributed by atoms with Crippen LogP contribution >= 0.6 is 0 Å². The van der Waals surface area contributed by atoms with E-state index in [9.17, 15) is 14.4 Å². The molecule has 13 nitrogen and oxygen atoms in total. The van der Waals surface area contributed by atoms with E-state index in [0.717, 1.165) is 119 Å². The normalized spacial score (nSPS) is 19.7. The van der Waals surface area contributed by atoms with E-state index in [-0.39, 0.29) is 42.0 Å². The van der Waals surface area contributed by atoms with E-state index in [1.807, 2.05) is 43.7 Å². The lowest BCUT2D eigenvalue weighted by Gasteiger charge is -2.30. The van der Waals surface area contributed by atoms with Crippen molar-refractivity contribution in [2.45, 2.75) is 117 Å². The lowest BCUT2D eigenvalue weighted by atomic mass is 10.0. The largest absolute Gasteiger partial charge is 0.469 e. The monoisotopic (exact) mass is 816 g/mol. The van der Waals surface area contributed by atoms with Crippen molar-refractivity contribution < 1.29 is 23.9 Å². The van der Waals surface area contributed by atoms with Crippen molar-refractivity contribution in [1.82, 2.24) is 34.6 Å². The van der Waals surface area contributed by atoms with Crippen molar-refractivity contribution in [3.05, 3.63) is 71.8 Å². The number of carbonyl (C=O) groups is 3. The highest BCUT2D eigenvalue weighted by Gasteiger charge is 2.38. The Morgan fingerprint density at radius 2 is 1.63 bits per heavy atom. The third-order valence-corrected chi connectivity index (χ3v) is 12.8. The molecule has 0 aliphatic carbocycles. The summed E-state index contributed by atoms with van der Waals surface area (Å²) in [5.74, 6) is 1.46. The second-order valence-electron chi connectivity index (χ2n) is 17.6. The number of carbonyl (C=O) groups excluding carboxylic acids is 3. The summed E-state index contributed by atoms with van der Waals surface area (Å²) < 4.78 is 14.0. The number of amides is 3. The number of likely N-dealkylation sites (tertiary alicyclic amines) is 2. The number of nitrogens with zero attached hydrogens (tertiary/aromatic N) is 4. The fourth-order valence-electron chi connectivity index (χ4n) is 9.41. The maximum absolute atomic E-state index is 13.7. The van der Waals surface area contributed by atoms with Crippen LogP contribution in [0.5, 0.6) is 5.75 Å². The summed E-state index contributed by atoms with van der Waals surface area (Å²) in [6, 6.07) is 16.0. The van der Waals surface area contributed by atoms with Gasteiger partial charge >= 0.3 is 6.09 Å². The second kappa shape index (κ2) is 16.8. The smallest absolute Gasteiger partial charge is 0.407 e. The molecule has 3 aliphatic heterocycles. The Morgan fingerprint density at radius 3 is 2.35 bits per heavy atom. The van der Waals surface area contributed by atoms with E-state index >= 15 is 0 Å². The number of nitrogens with two attached hydrogens (primary N) is 1. The molecule has 2 fully saturated rings. The highest BCUT2D eigenvalue weighted by Crippen LogP contribution is 2.46. The highest BCUT2D eigenvalue weighted by atomic mass is 16.5. The molecule has 5 aromatic rings. The number of aryl methyl sites for hydroxylation is 1. The fraction of sp³-hybridized carbons (Fsp3) is 0.489. The van der Waals surface area contributed by atoms with Crippen LogP contribution in [0, 0.1) is 18.8 Å². The van der Waals surface area contributed by atoms with Crippen molar-refractivity contribution in [3.8, 4) is 39.5 Å². The minimum absolute atomic E-state index is 0.0155. The minimum Gasteiger partial charge on any atom is -0.469 e. The number of ether oxygens (including phenoxy) is 2. The first-order valence-electron chi connectivity index (χ1n) is 21.8. The van der Waals surface area contributed by atoms with Gasteiger partial charge in [0.05, 0.1) is 48.3 Å². The SMILES string of the molecule is CCCCC1Oc2cc(-c3cc(C)c(C4CCCN4C(=O)C(N)C(C)C)[nH]3)ccc2-c2cc3cc(-c4cnc(C5CCCN5C(=O)C(NC(=O)OC)C(C)C)[nH]4)ccc3n21. The second-order valence-corrected chi connectivity index (χ2v) is 17.6. The number of benzene rings is 2. The summed E-state index contributed by atoms with van der Waals surface area (Å²) in [6.45, 7) is 13.5. The first-order valence-corrected chi connectivity index (χ1v) is 21.8.